The van der Waals surface area contributed by atoms with Crippen LogP contribution in [0.1, 0.15) is 29.9 Å². The number of aromatic hydroxyl groups is 1. The second-order valence-corrected chi connectivity index (χ2v) is 7.55. The predicted molar refractivity (Wildman–Crippen MR) is 102 cm³/mol. The highest BCUT2D eigenvalue weighted by Gasteiger charge is 2.40. The Labute approximate surface area is 159 Å². The van der Waals surface area contributed by atoms with Crippen LogP contribution in [0.2, 0.25) is 0 Å². The lowest BCUT2D eigenvalue weighted by Crippen LogP contribution is -2.49. The molecule has 0 saturated carbocycles. The fraction of sp³-hybridized carbons (Fsp3) is 0.409. The molecule has 0 aliphatic carbocycles. The van der Waals surface area contributed by atoms with Crippen LogP contribution >= 0.6 is 0 Å². The molecule has 2 fully saturated rings. The number of benzene rings is 2. The average molecular weight is 368 g/mol. The second kappa shape index (κ2) is 7.69. The van der Waals surface area contributed by atoms with E-state index in [9.17, 15) is 14.3 Å². The van der Waals surface area contributed by atoms with Crippen molar-refractivity contribution in [2.24, 2.45) is 0 Å². The Bertz CT molecular complexity index is 781. The number of rotatable bonds is 4. The number of hydrogen-bond acceptors (Lipinski definition) is 3. The molecule has 2 aliphatic rings. The minimum atomic E-state index is -1.00. The predicted octanol–water partition coefficient (Wildman–Crippen LogP) is 3.32. The van der Waals surface area contributed by atoms with Gasteiger partial charge in [0.15, 0.2) is 0 Å². The van der Waals surface area contributed by atoms with Gasteiger partial charge in [-0.15, -0.1) is 0 Å². The standard InChI is InChI=1S/C22H25FN2O2/c23-20-15-24(12-10-19(20)17-6-8-18(26)9-7-17)21-11-13-25(22(21)27)14-16-4-2-1-3-5-16/h1-9,19-21,26H,10-15H2. The quantitative estimate of drug-likeness (QED) is 0.900. The van der Waals surface area contributed by atoms with E-state index in [0.29, 0.717) is 19.5 Å². The summed E-state index contributed by atoms with van der Waals surface area (Å²) < 4.78 is 14.9. The largest absolute Gasteiger partial charge is 0.508 e. The fourth-order valence-corrected chi connectivity index (χ4v) is 4.33. The van der Waals surface area contributed by atoms with Gasteiger partial charge in [0.25, 0.3) is 0 Å². The van der Waals surface area contributed by atoms with Crippen molar-refractivity contribution in [3.63, 3.8) is 0 Å². The van der Waals surface area contributed by atoms with E-state index in [0.717, 1.165) is 30.6 Å². The van der Waals surface area contributed by atoms with E-state index in [1.807, 2.05) is 40.1 Å². The van der Waals surface area contributed by atoms with E-state index >= 15 is 0 Å². The van der Waals surface area contributed by atoms with Gasteiger partial charge in [0.2, 0.25) is 5.91 Å². The van der Waals surface area contributed by atoms with Gasteiger partial charge in [-0.2, -0.15) is 0 Å². The monoisotopic (exact) mass is 368 g/mol. The molecule has 1 N–H and O–H groups in total. The summed E-state index contributed by atoms with van der Waals surface area (Å²) >= 11 is 0. The number of carbonyl (C=O) groups is 1. The molecule has 4 rings (SSSR count). The zero-order chi connectivity index (χ0) is 18.8. The van der Waals surface area contributed by atoms with Gasteiger partial charge < -0.3 is 10.0 Å². The molecule has 0 spiro atoms. The first-order valence-corrected chi connectivity index (χ1v) is 9.61. The molecule has 27 heavy (non-hydrogen) atoms. The van der Waals surface area contributed by atoms with Gasteiger partial charge in [-0.25, -0.2) is 4.39 Å². The van der Waals surface area contributed by atoms with Crippen LogP contribution in [0, 0.1) is 0 Å². The van der Waals surface area contributed by atoms with E-state index in [4.69, 9.17) is 0 Å². The van der Waals surface area contributed by atoms with Crippen LogP contribution in [0.3, 0.4) is 0 Å². The van der Waals surface area contributed by atoms with Crippen molar-refractivity contribution in [2.45, 2.75) is 37.5 Å². The molecule has 2 aromatic rings. The highest BCUT2D eigenvalue weighted by molar-refractivity contribution is 5.84. The molecule has 3 atom stereocenters. The maximum Gasteiger partial charge on any atom is 0.240 e. The number of hydrogen-bond donors (Lipinski definition) is 1. The average Bonchev–Trinajstić information content (AvgIpc) is 3.04. The van der Waals surface area contributed by atoms with Crippen molar-refractivity contribution in [1.82, 2.24) is 9.80 Å². The van der Waals surface area contributed by atoms with Gasteiger partial charge in [0.05, 0.1) is 6.04 Å². The zero-order valence-electron chi connectivity index (χ0n) is 15.3. The molecule has 3 unspecified atom stereocenters. The van der Waals surface area contributed by atoms with E-state index in [2.05, 4.69) is 0 Å². The summed E-state index contributed by atoms with van der Waals surface area (Å²) in [5.41, 5.74) is 2.05. The summed E-state index contributed by atoms with van der Waals surface area (Å²) in [6.45, 7) is 2.37. The molecule has 142 valence electrons. The third-order valence-corrected chi connectivity index (χ3v) is 5.82. The van der Waals surface area contributed by atoms with Crippen molar-refractivity contribution < 1.29 is 14.3 Å². The fourth-order valence-electron chi connectivity index (χ4n) is 4.33. The molecule has 4 nitrogen and oxygen atoms in total. The van der Waals surface area contributed by atoms with Gasteiger partial charge in [0, 0.05) is 25.6 Å². The Morgan fingerprint density at radius 3 is 2.44 bits per heavy atom. The molecule has 2 saturated heterocycles. The number of piperidine rings is 1. The van der Waals surface area contributed by atoms with Crippen LogP contribution in [0.5, 0.6) is 5.75 Å². The molecule has 2 heterocycles. The Morgan fingerprint density at radius 2 is 1.74 bits per heavy atom. The number of amides is 1. The Kier molecular flexibility index (Phi) is 5.12. The molecule has 2 aliphatic heterocycles. The number of carbonyl (C=O) groups excluding carboxylic acids is 1. The zero-order valence-corrected chi connectivity index (χ0v) is 15.3. The summed E-state index contributed by atoms with van der Waals surface area (Å²) in [6.07, 6.45) is 0.454. The maximum absolute atomic E-state index is 14.9. The number of likely N-dealkylation sites (tertiary alicyclic amines) is 2. The molecule has 2 aromatic carbocycles. The van der Waals surface area contributed by atoms with Crippen LogP contribution < -0.4 is 0 Å². The molecule has 1 amide bonds. The lowest BCUT2D eigenvalue weighted by Gasteiger charge is -2.37. The molecular weight excluding hydrogens is 343 g/mol. The number of nitrogens with zero attached hydrogens (tertiary/aromatic N) is 2. The van der Waals surface area contributed by atoms with Gasteiger partial charge >= 0.3 is 0 Å². The normalized spacial score (nSPS) is 26.5. The third kappa shape index (κ3) is 3.83. The SMILES string of the molecule is O=C1C(N2CCC(c3ccc(O)cc3)C(F)C2)CCN1Cc1ccccc1. The number of phenolic OH excluding ortho intramolecular Hbond substituents is 1. The number of phenols is 1. The topological polar surface area (TPSA) is 43.8 Å². The van der Waals surface area contributed by atoms with Crippen LogP contribution in [0.4, 0.5) is 4.39 Å². The van der Waals surface area contributed by atoms with Crippen molar-refractivity contribution >= 4 is 5.91 Å². The summed E-state index contributed by atoms with van der Waals surface area (Å²) in [4.78, 5) is 16.7. The smallest absolute Gasteiger partial charge is 0.240 e. The van der Waals surface area contributed by atoms with E-state index in [1.165, 1.54) is 0 Å². The summed E-state index contributed by atoms with van der Waals surface area (Å²) in [5.74, 6) is 0.148. The molecule has 0 radical (unpaired) electrons. The minimum Gasteiger partial charge on any atom is -0.508 e. The van der Waals surface area contributed by atoms with Crippen LogP contribution in [-0.4, -0.2) is 52.7 Å². The van der Waals surface area contributed by atoms with E-state index < -0.39 is 6.17 Å². The summed E-state index contributed by atoms with van der Waals surface area (Å²) in [7, 11) is 0. The number of alkyl halides is 1. The Morgan fingerprint density at radius 1 is 1.00 bits per heavy atom. The van der Waals surface area contributed by atoms with Crippen molar-refractivity contribution in [3.05, 3.63) is 65.7 Å². The third-order valence-electron chi connectivity index (χ3n) is 5.82. The molecule has 0 bridgehead atoms. The maximum atomic E-state index is 14.9. The van der Waals surface area contributed by atoms with Gasteiger partial charge in [-0.05, 0) is 42.6 Å². The first-order chi connectivity index (χ1) is 13.1. The Balaban J connectivity index is 1.37. The molecular formula is C22H25FN2O2. The van der Waals surface area contributed by atoms with Crippen LogP contribution in [0.15, 0.2) is 54.6 Å². The molecule has 5 heteroatoms. The van der Waals surface area contributed by atoms with Crippen molar-refractivity contribution in [3.8, 4) is 5.75 Å². The number of halogens is 1. The lowest BCUT2D eigenvalue weighted by atomic mass is 9.87. The Hall–Kier alpha value is -2.40. The lowest BCUT2D eigenvalue weighted by molar-refractivity contribution is -0.133. The van der Waals surface area contributed by atoms with Gasteiger partial charge in [-0.1, -0.05) is 42.5 Å². The van der Waals surface area contributed by atoms with Crippen molar-refractivity contribution in [1.29, 1.82) is 0 Å². The highest BCUT2D eigenvalue weighted by atomic mass is 19.1. The first kappa shape index (κ1) is 18.0. The minimum absolute atomic E-state index is 0.120. The second-order valence-electron chi connectivity index (χ2n) is 7.55. The summed E-state index contributed by atoms with van der Waals surface area (Å²) in [5, 5.41) is 9.42. The highest BCUT2D eigenvalue weighted by Crippen LogP contribution is 2.33. The molecule has 0 aromatic heterocycles. The van der Waals surface area contributed by atoms with Crippen LogP contribution in [-0.2, 0) is 11.3 Å². The van der Waals surface area contributed by atoms with E-state index in [1.54, 1.807) is 24.3 Å². The van der Waals surface area contributed by atoms with Crippen LogP contribution in [0.25, 0.3) is 0 Å². The van der Waals surface area contributed by atoms with E-state index in [-0.39, 0.29) is 23.6 Å². The van der Waals surface area contributed by atoms with Gasteiger partial charge in [-0.3, -0.25) is 9.69 Å². The van der Waals surface area contributed by atoms with Gasteiger partial charge in [0.1, 0.15) is 11.9 Å². The first-order valence-electron chi connectivity index (χ1n) is 9.61. The van der Waals surface area contributed by atoms with Crippen molar-refractivity contribution in [2.75, 3.05) is 19.6 Å². The summed E-state index contributed by atoms with van der Waals surface area (Å²) in [6, 6.07) is 16.6.